The Morgan fingerprint density at radius 1 is 1.04 bits per heavy atom. The molecule has 4 heteroatoms. The highest BCUT2D eigenvalue weighted by atomic mass is 16.5. The van der Waals surface area contributed by atoms with E-state index in [4.69, 9.17) is 9.72 Å². The van der Waals surface area contributed by atoms with Crippen LogP contribution in [0.2, 0.25) is 0 Å². The van der Waals surface area contributed by atoms with Crippen LogP contribution in [0.15, 0.2) is 24.3 Å². The summed E-state index contributed by atoms with van der Waals surface area (Å²) in [5.74, 6) is 0.886. The van der Waals surface area contributed by atoms with Crippen LogP contribution in [-0.4, -0.2) is 41.2 Å². The first-order valence-corrected chi connectivity index (χ1v) is 9.01. The van der Waals surface area contributed by atoms with Gasteiger partial charge in [-0.15, -0.1) is 0 Å². The molecule has 0 N–H and O–H groups in total. The lowest BCUT2D eigenvalue weighted by molar-refractivity contribution is 0.0198. The van der Waals surface area contributed by atoms with Crippen LogP contribution in [-0.2, 0) is 17.6 Å². The third kappa shape index (κ3) is 2.96. The second-order valence-corrected chi connectivity index (χ2v) is 6.84. The van der Waals surface area contributed by atoms with Gasteiger partial charge in [-0.05, 0) is 38.7 Å². The molecule has 1 aliphatic carbocycles. The smallest absolute Gasteiger partial charge is 0.126 e. The average Bonchev–Trinajstić information content (AvgIpc) is 3.09. The third-order valence-electron chi connectivity index (χ3n) is 5.30. The van der Waals surface area contributed by atoms with Crippen LogP contribution >= 0.6 is 0 Å². The van der Waals surface area contributed by atoms with E-state index in [2.05, 4.69) is 41.1 Å². The normalized spacial score (nSPS) is 19.2. The van der Waals surface area contributed by atoms with E-state index < -0.39 is 0 Å². The summed E-state index contributed by atoms with van der Waals surface area (Å²) in [7, 11) is 0. The Morgan fingerprint density at radius 2 is 1.79 bits per heavy atom. The Bertz CT molecular complexity index is 720. The molecule has 0 bridgehead atoms. The zero-order chi connectivity index (χ0) is 16.5. The zero-order valence-corrected chi connectivity index (χ0v) is 14.6. The molecule has 0 amide bonds. The van der Waals surface area contributed by atoms with E-state index in [0.717, 1.165) is 50.7 Å². The third-order valence-corrected chi connectivity index (χ3v) is 5.30. The maximum Gasteiger partial charge on any atom is 0.126 e. The molecule has 2 heterocycles. The molecule has 1 aliphatic heterocycles. The molecule has 1 aromatic carbocycles. The number of ether oxygens (including phenoxy) is 1. The topological polar surface area (TPSA) is 38.2 Å². The monoisotopic (exact) mass is 323 g/mol. The lowest BCUT2D eigenvalue weighted by Gasteiger charge is -2.32. The van der Waals surface area contributed by atoms with E-state index in [1.165, 1.54) is 28.8 Å². The fourth-order valence-electron chi connectivity index (χ4n) is 3.89. The van der Waals surface area contributed by atoms with Gasteiger partial charge in [-0.1, -0.05) is 24.3 Å². The molecule has 2 aromatic rings. The predicted molar refractivity (Wildman–Crippen MR) is 95.0 cm³/mol. The van der Waals surface area contributed by atoms with E-state index in [-0.39, 0.29) is 0 Å². The summed E-state index contributed by atoms with van der Waals surface area (Å²) in [5, 5.41) is 0. The van der Waals surface area contributed by atoms with Gasteiger partial charge in [0.15, 0.2) is 0 Å². The molecular formula is C20H25N3O. The summed E-state index contributed by atoms with van der Waals surface area (Å²) in [6.07, 6.45) is 3.40. The quantitative estimate of drug-likeness (QED) is 0.868. The van der Waals surface area contributed by atoms with Gasteiger partial charge in [-0.2, -0.15) is 0 Å². The lowest BCUT2D eigenvalue weighted by Crippen LogP contribution is -2.37. The minimum atomic E-state index is 0.431. The molecule has 0 unspecified atom stereocenters. The van der Waals surface area contributed by atoms with Gasteiger partial charge in [0.05, 0.1) is 18.9 Å². The van der Waals surface area contributed by atoms with Gasteiger partial charge in [0.2, 0.25) is 0 Å². The van der Waals surface area contributed by atoms with E-state index in [1.54, 1.807) is 0 Å². The Hall–Kier alpha value is -1.78. The number of aromatic nitrogens is 2. The number of hydrogen-bond donors (Lipinski definition) is 0. The predicted octanol–water partition coefficient (Wildman–Crippen LogP) is 3.33. The van der Waals surface area contributed by atoms with Crippen LogP contribution in [0.1, 0.15) is 42.0 Å². The van der Waals surface area contributed by atoms with E-state index in [1.807, 2.05) is 6.92 Å². The van der Waals surface area contributed by atoms with Crippen molar-refractivity contribution in [2.45, 2.75) is 39.2 Å². The number of aryl methyl sites for hydroxylation is 2. The first-order chi connectivity index (χ1) is 11.7. The molecule has 0 spiro atoms. The molecule has 1 atom stereocenters. The number of benzene rings is 1. The van der Waals surface area contributed by atoms with E-state index in [9.17, 15) is 0 Å². The van der Waals surface area contributed by atoms with Gasteiger partial charge in [0.1, 0.15) is 5.82 Å². The number of nitrogens with zero attached hydrogens (tertiary/aromatic N) is 3. The van der Waals surface area contributed by atoms with Crippen LogP contribution in [0.25, 0.3) is 11.3 Å². The van der Waals surface area contributed by atoms with Crippen molar-refractivity contribution < 1.29 is 4.74 Å². The zero-order valence-electron chi connectivity index (χ0n) is 14.6. The van der Waals surface area contributed by atoms with Crippen LogP contribution < -0.4 is 0 Å². The van der Waals surface area contributed by atoms with Gasteiger partial charge in [0, 0.05) is 36.0 Å². The SMILES string of the molecule is Cc1nc2c(c(-c3ccc([C@@H](C)N4CCOCC4)cc3)n1)CCC2. The van der Waals surface area contributed by atoms with Crippen molar-refractivity contribution in [3.8, 4) is 11.3 Å². The molecule has 4 nitrogen and oxygen atoms in total. The number of morpholine rings is 1. The highest BCUT2D eigenvalue weighted by molar-refractivity contribution is 5.65. The Balaban J connectivity index is 1.60. The van der Waals surface area contributed by atoms with Gasteiger partial charge < -0.3 is 4.74 Å². The van der Waals surface area contributed by atoms with Crippen molar-refractivity contribution >= 4 is 0 Å². The first-order valence-electron chi connectivity index (χ1n) is 9.01. The number of rotatable bonds is 3. The Kier molecular flexibility index (Phi) is 4.33. The molecule has 126 valence electrons. The molecule has 0 radical (unpaired) electrons. The van der Waals surface area contributed by atoms with Crippen molar-refractivity contribution in [1.29, 1.82) is 0 Å². The molecule has 0 saturated carbocycles. The number of hydrogen-bond acceptors (Lipinski definition) is 4. The maximum absolute atomic E-state index is 5.46. The largest absolute Gasteiger partial charge is 0.379 e. The maximum atomic E-state index is 5.46. The van der Waals surface area contributed by atoms with Crippen molar-refractivity contribution in [3.05, 3.63) is 46.9 Å². The summed E-state index contributed by atoms with van der Waals surface area (Å²) in [6.45, 7) is 8.00. The standard InChI is InChI=1S/C20H25N3O/c1-14(23-10-12-24-13-11-23)16-6-8-17(9-7-16)20-18-4-3-5-19(18)21-15(2)22-20/h6-9,14H,3-5,10-13H2,1-2H3/t14-/m1/s1. The summed E-state index contributed by atoms with van der Waals surface area (Å²) in [6, 6.07) is 9.41. The van der Waals surface area contributed by atoms with Crippen LogP contribution in [0, 0.1) is 6.92 Å². The molecule has 4 rings (SSSR count). The molecule has 1 saturated heterocycles. The fourth-order valence-corrected chi connectivity index (χ4v) is 3.89. The summed E-state index contributed by atoms with van der Waals surface area (Å²) in [5.41, 5.74) is 6.33. The van der Waals surface area contributed by atoms with Crippen LogP contribution in [0.5, 0.6) is 0 Å². The molecule has 1 aromatic heterocycles. The minimum absolute atomic E-state index is 0.431. The van der Waals surface area contributed by atoms with Crippen molar-refractivity contribution in [1.82, 2.24) is 14.9 Å². The van der Waals surface area contributed by atoms with E-state index in [0.29, 0.717) is 6.04 Å². The second-order valence-electron chi connectivity index (χ2n) is 6.84. The van der Waals surface area contributed by atoms with Crippen LogP contribution in [0.3, 0.4) is 0 Å². The van der Waals surface area contributed by atoms with Gasteiger partial charge in [-0.25, -0.2) is 9.97 Å². The highest BCUT2D eigenvalue weighted by Crippen LogP contribution is 2.31. The summed E-state index contributed by atoms with van der Waals surface area (Å²) >= 11 is 0. The van der Waals surface area contributed by atoms with Gasteiger partial charge >= 0.3 is 0 Å². The Morgan fingerprint density at radius 3 is 2.54 bits per heavy atom. The number of fused-ring (bicyclic) bond motifs is 1. The summed E-state index contributed by atoms with van der Waals surface area (Å²) in [4.78, 5) is 11.8. The average molecular weight is 323 g/mol. The van der Waals surface area contributed by atoms with Gasteiger partial charge in [-0.3, -0.25) is 4.90 Å². The fraction of sp³-hybridized carbons (Fsp3) is 0.500. The van der Waals surface area contributed by atoms with Crippen molar-refractivity contribution in [3.63, 3.8) is 0 Å². The molecular weight excluding hydrogens is 298 g/mol. The molecule has 2 aliphatic rings. The molecule has 24 heavy (non-hydrogen) atoms. The summed E-state index contributed by atoms with van der Waals surface area (Å²) < 4.78 is 5.46. The van der Waals surface area contributed by atoms with Crippen LogP contribution in [0.4, 0.5) is 0 Å². The first kappa shape index (κ1) is 15.7. The molecule has 1 fully saturated rings. The van der Waals surface area contributed by atoms with E-state index >= 15 is 0 Å². The van der Waals surface area contributed by atoms with Crippen molar-refractivity contribution in [2.24, 2.45) is 0 Å². The minimum Gasteiger partial charge on any atom is -0.379 e. The highest BCUT2D eigenvalue weighted by Gasteiger charge is 2.21. The Labute approximate surface area is 143 Å². The second kappa shape index (κ2) is 6.61. The van der Waals surface area contributed by atoms with Crippen molar-refractivity contribution in [2.75, 3.05) is 26.3 Å². The van der Waals surface area contributed by atoms with Gasteiger partial charge in [0.25, 0.3) is 0 Å². The lowest BCUT2D eigenvalue weighted by atomic mass is 10.0.